The van der Waals surface area contributed by atoms with Crippen molar-refractivity contribution in [2.24, 2.45) is 0 Å². The van der Waals surface area contributed by atoms with Crippen molar-refractivity contribution in [1.82, 2.24) is 9.88 Å². The largest absolute Gasteiger partial charge is 0.391 e. The highest BCUT2D eigenvalue weighted by Crippen LogP contribution is 2.27. The van der Waals surface area contributed by atoms with Crippen LogP contribution in [-0.2, 0) is 13.0 Å². The van der Waals surface area contributed by atoms with E-state index in [1.807, 2.05) is 0 Å². The molecule has 0 aromatic carbocycles. The second-order valence-corrected chi connectivity index (χ2v) is 5.90. The molecule has 5 heteroatoms. The zero-order valence-electron chi connectivity index (χ0n) is 13.4. The van der Waals surface area contributed by atoms with Gasteiger partial charge in [-0.15, -0.1) is 0 Å². The minimum atomic E-state index is 0.109. The summed E-state index contributed by atoms with van der Waals surface area (Å²) in [4.78, 5) is 10.5. The Morgan fingerprint density at radius 1 is 1.05 bits per heavy atom. The summed E-state index contributed by atoms with van der Waals surface area (Å²) in [5.74, 6) is 0. The average molecular weight is 299 g/mol. The molecule has 20 heavy (non-hydrogen) atoms. The number of hydrogen-bond donors (Lipinski definition) is 1. The third kappa shape index (κ3) is 4.72. The number of aryl methyl sites for hydroxylation is 1. The van der Waals surface area contributed by atoms with Gasteiger partial charge in [-0.25, -0.2) is 4.98 Å². The Kier molecular flexibility index (Phi) is 8.11. The van der Waals surface area contributed by atoms with E-state index < -0.39 is 0 Å². The molecule has 0 amide bonds. The molecule has 0 spiro atoms. The van der Waals surface area contributed by atoms with Crippen molar-refractivity contribution in [1.29, 1.82) is 0 Å². The Hall–Kier alpha value is -0.650. The molecular formula is C15H29N3OS. The van der Waals surface area contributed by atoms with Gasteiger partial charge in [-0.05, 0) is 39.4 Å². The van der Waals surface area contributed by atoms with Crippen LogP contribution in [0.1, 0.15) is 44.7 Å². The Labute approximate surface area is 127 Å². The molecule has 1 N–H and O–H groups in total. The molecule has 0 saturated carbocycles. The quantitative estimate of drug-likeness (QED) is 0.721. The highest BCUT2D eigenvalue weighted by atomic mass is 32.1. The number of anilines is 1. The van der Waals surface area contributed by atoms with E-state index in [1.165, 1.54) is 0 Å². The van der Waals surface area contributed by atoms with E-state index in [0.717, 1.165) is 61.3 Å². The predicted molar refractivity (Wildman–Crippen MR) is 87.7 cm³/mol. The van der Waals surface area contributed by atoms with Crippen LogP contribution in [0.4, 0.5) is 5.13 Å². The number of hydrogen-bond acceptors (Lipinski definition) is 5. The van der Waals surface area contributed by atoms with Crippen molar-refractivity contribution >= 4 is 16.5 Å². The molecule has 0 unspecified atom stereocenters. The first kappa shape index (κ1) is 17.4. The molecule has 1 rings (SSSR count). The van der Waals surface area contributed by atoms with Crippen LogP contribution >= 0.6 is 11.3 Å². The van der Waals surface area contributed by atoms with Gasteiger partial charge in [-0.3, -0.25) is 0 Å². The SMILES string of the molecule is CCc1nc(N(CC)CCCN(CC)CC)sc1CO. The van der Waals surface area contributed by atoms with Gasteiger partial charge in [-0.1, -0.05) is 32.1 Å². The van der Waals surface area contributed by atoms with E-state index in [2.05, 4.69) is 42.5 Å². The maximum atomic E-state index is 9.38. The summed E-state index contributed by atoms with van der Waals surface area (Å²) in [6.07, 6.45) is 2.05. The summed E-state index contributed by atoms with van der Waals surface area (Å²) < 4.78 is 0. The Morgan fingerprint density at radius 3 is 2.20 bits per heavy atom. The Balaban J connectivity index is 2.59. The summed E-state index contributed by atoms with van der Waals surface area (Å²) in [5, 5.41) is 10.4. The summed E-state index contributed by atoms with van der Waals surface area (Å²) in [6, 6.07) is 0. The van der Waals surface area contributed by atoms with Crippen molar-refractivity contribution in [2.45, 2.75) is 47.1 Å². The summed E-state index contributed by atoms with van der Waals surface area (Å²) in [7, 11) is 0. The lowest BCUT2D eigenvalue weighted by Gasteiger charge is -2.23. The van der Waals surface area contributed by atoms with Gasteiger partial charge in [0.2, 0.25) is 0 Å². The van der Waals surface area contributed by atoms with E-state index >= 15 is 0 Å². The van der Waals surface area contributed by atoms with Gasteiger partial charge < -0.3 is 14.9 Å². The molecule has 0 fully saturated rings. The minimum absolute atomic E-state index is 0.109. The van der Waals surface area contributed by atoms with Gasteiger partial charge in [0.05, 0.1) is 17.2 Å². The average Bonchev–Trinajstić information content (AvgIpc) is 2.90. The Bertz CT molecular complexity index is 356. The first-order chi connectivity index (χ1) is 9.69. The predicted octanol–water partition coefficient (Wildman–Crippen LogP) is 2.76. The summed E-state index contributed by atoms with van der Waals surface area (Å²) in [6.45, 7) is 14.2. The van der Waals surface area contributed by atoms with Crippen molar-refractivity contribution in [3.63, 3.8) is 0 Å². The molecule has 116 valence electrons. The maximum Gasteiger partial charge on any atom is 0.185 e. The molecule has 1 aromatic rings. The van der Waals surface area contributed by atoms with Gasteiger partial charge in [-0.2, -0.15) is 0 Å². The van der Waals surface area contributed by atoms with E-state index in [4.69, 9.17) is 0 Å². The molecule has 4 nitrogen and oxygen atoms in total. The van der Waals surface area contributed by atoms with Crippen LogP contribution in [0.15, 0.2) is 0 Å². The smallest absolute Gasteiger partial charge is 0.185 e. The normalized spacial score (nSPS) is 11.3. The van der Waals surface area contributed by atoms with Crippen LogP contribution in [-0.4, -0.2) is 47.7 Å². The zero-order chi connectivity index (χ0) is 15.0. The van der Waals surface area contributed by atoms with Gasteiger partial charge in [0.1, 0.15) is 0 Å². The highest BCUT2D eigenvalue weighted by Gasteiger charge is 2.14. The van der Waals surface area contributed by atoms with Crippen LogP contribution < -0.4 is 4.90 Å². The number of nitrogens with zero attached hydrogens (tertiary/aromatic N) is 3. The topological polar surface area (TPSA) is 39.6 Å². The van der Waals surface area contributed by atoms with E-state index in [-0.39, 0.29) is 6.61 Å². The molecule has 0 atom stereocenters. The number of aromatic nitrogens is 1. The molecule has 1 aromatic heterocycles. The number of aliphatic hydroxyl groups is 1. The van der Waals surface area contributed by atoms with Gasteiger partial charge >= 0.3 is 0 Å². The number of rotatable bonds is 10. The van der Waals surface area contributed by atoms with Crippen LogP contribution in [0.25, 0.3) is 0 Å². The second kappa shape index (κ2) is 9.32. The fraction of sp³-hybridized carbons (Fsp3) is 0.800. The third-order valence-electron chi connectivity index (χ3n) is 3.69. The fourth-order valence-corrected chi connectivity index (χ4v) is 3.42. The summed E-state index contributed by atoms with van der Waals surface area (Å²) >= 11 is 1.64. The first-order valence-electron chi connectivity index (χ1n) is 7.76. The first-order valence-corrected chi connectivity index (χ1v) is 8.58. The van der Waals surface area contributed by atoms with Gasteiger partial charge in [0.25, 0.3) is 0 Å². The summed E-state index contributed by atoms with van der Waals surface area (Å²) in [5.41, 5.74) is 1.05. The molecule has 0 aliphatic heterocycles. The zero-order valence-corrected chi connectivity index (χ0v) is 14.2. The molecule has 1 heterocycles. The lowest BCUT2D eigenvalue weighted by molar-refractivity contribution is 0.284. The monoisotopic (exact) mass is 299 g/mol. The van der Waals surface area contributed by atoms with Crippen LogP contribution in [0.3, 0.4) is 0 Å². The molecular weight excluding hydrogens is 270 g/mol. The van der Waals surface area contributed by atoms with Crippen molar-refractivity contribution < 1.29 is 5.11 Å². The standard InChI is InChI=1S/C15H29N3OS/c1-5-13-14(12-19)20-15(16-13)18(8-4)11-9-10-17(6-2)7-3/h19H,5-12H2,1-4H3. The molecule has 0 radical (unpaired) electrons. The third-order valence-corrected chi connectivity index (χ3v) is 4.84. The lowest BCUT2D eigenvalue weighted by Crippen LogP contribution is -2.29. The molecule has 0 bridgehead atoms. The maximum absolute atomic E-state index is 9.38. The van der Waals surface area contributed by atoms with Crippen molar-refractivity contribution in [3.8, 4) is 0 Å². The van der Waals surface area contributed by atoms with Crippen LogP contribution in [0.5, 0.6) is 0 Å². The molecule has 0 aliphatic rings. The van der Waals surface area contributed by atoms with Gasteiger partial charge in [0, 0.05) is 13.1 Å². The van der Waals surface area contributed by atoms with E-state index in [1.54, 1.807) is 11.3 Å². The number of aliphatic hydroxyl groups excluding tert-OH is 1. The van der Waals surface area contributed by atoms with E-state index in [9.17, 15) is 5.11 Å². The van der Waals surface area contributed by atoms with Crippen LogP contribution in [0.2, 0.25) is 0 Å². The Morgan fingerprint density at radius 2 is 1.75 bits per heavy atom. The van der Waals surface area contributed by atoms with Crippen molar-refractivity contribution in [3.05, 3.63) is 10.6 Å². The van der Waals surface area contributed by atoms with Gasteiger partial charge in [0.15, 0.2) is 5.13 Å². The fourth-order valence-electron chi connectivity index (χ4n) is 2.32. The lowest BCUT2D eigenvalue weighted by atomic mass is 10.3. The number of thiazole rings is 1. The highest BCUT2D eigenvalue weighted by molar-refractivity contribution is 7.15. The van der Waals surface area contributed by atoms with E-state index in [0.29, 0.717) is 0 Å². The van der Waals surface area contributed by atoms with Crippen LogP contribution in [0, 0.1) is 0 Å². The molecule has 0 saturated heterocycles. The minimum Gasteiger partial charge on any atom is -0.391 e. The van der Waals surface area contributed by atoms with Crippen molar-refractivity contribution in [2.75, 3.05) is 37.6 Å². The second-order valence-electron chi connectivity index (χ2n) is 4.84. The molecule has 0 aliphatic carbocycles.